The lowest BCUT2D eigenvalue weighted by Gasteiger charge is -2.31. The zero-order valence-electron chi connectivity index (χ0n) is 16.4. The third-order valence-corrected chi connectivity index (χ3v) is 5.27. The highest BCUT2D eigenvalue weighted by Gasteiger charge is 2.30. The number of methoxy groups -OCH3 is 1. The molecule has 4 nitrogen and oxygen atoms in total. The molecular formula is C23H25N3O. The Morgan fingerprint density at radius 1 is 0.963 bits per heavy atom. The van der Waals surface area contributed by atoms with Gasteiger partial charge >= 0.3 is 0 Å². The maximum Gasteiger partial charge on any atom is 0.178 e. The molecule has 4 rings (SSSR count). The lowest BCUT2D eigenvalue weighted by atomic mass is 9.75. The summed E-state index contributed by atoms with van der Waals surface area (Å²) >= 11 is 0. The molecule has 0 fully saturated rings. The van der Waals surface area contributed by atoms with Crippen LogP contribution >= 0.6 is 0 Å². The predicted octanol–water partition coefficient (Wildman–Crippen LogP) is 5.04. The first-order chi connectivity index (χ1) is 13.0. The number of fused-ring (bicyclic) bond motifs is 1. The lowest BCUT2D eigenvalue weighted by molar-refractivity contribution is 0.310. The van der Waals surface area contributed by atoms with Gasteiger partial charge in [-0.25, -0.2) is 15.0 Å². The van der Waals surface area contributed by atoms with E-state index in [1.54, 1.807) is 7.11 Å². The van der Waals surface area contributed by atoms with E-state index in [4.69, 9.17) is 14.7 Å². The van der Waals surface area contributed by atoms with E-state index in [1.807, 2.05) is 43.3 Å². The van der Waals surface area contributed by atoms with Crippen LogP contribution in [0.2, 0.25) is 0 Å². The highest BCUT2D eigenvalue weighted by molar-refractivity contribution is 5.72. The van der Waals surface area contributed by atoms with Gasteiger partial charge in [0.25, 0.3) is 0 Å². The summed E-state index contributed by atoms with van der Waals surface area (Å²) in [4.78, 5) is 14.6. The van der Waals surface area contributed by atoms with Gasteiger partial charge in [-0.05, 0) is 55.9 Å². The molecule has 0 atom stereocenters. The first-order valence-electron chi connectivity index (χ1n) is 9.44. The van der Waals surface area contributed by atoms with Crippen molar-refractivity contribution in [2.45, 2.75) is 40.0 Å². The minimum Gasteiger partial charge on any atom is -0.496 e. The quantitative estimate of drug-likeness (QED) is 0.657. The summed E-state index contributed by atoms with van der Waals surface area (Å²) in [5.74, 6) is 1.53. The van der Waals surface area contributed by atoms with Crippen molar-refractivity contribution in [1.29, 1.82) is 0 Å². The maximum atomic E-state index is 5.62. The summed E-state index contributed by atoms with van der Waals surface area (Å²) in [6.45, 7) is 6.61. The highest BCUT2D eigenvalue weighted by atomic mass is 16.5. The third kappa shape index (κ3) is 3.44. The van der Waals surface area contributed by atoms with Crippen LogP contribution in [0.1, 0.15) is 37.2 Å². The summed E-state index contributed by atoms with van der Waals surface area (Å²) in [6.07, 6.45) is 3.07. The second-order valence-electron chi connectivity index (χ2n) is 8.03. The average molecular weight is 359 g/mol. The summed E-state index contributed by atoms with van der Waals surface area (Å²) in [5.41, 5.74) is 6.41. The molecule has 27 heavy (non-hydrogen) atoms. The topological polar surface area (TPSA) is 47.9 Å². The molecule has 0 N–H and O–H groups in total. The largest absolute Gasteiger partial charge is 0.496 e. The van der Waals surface area contributed by atoms with Gasteiger partial charge in [-0.1, -0.05) is 32.0 Å². The van der Waals surface area contributed by atoms with Gasteiger partial charge in [-0.3, -0.25) is 0 Å². The Balaban J connectivity index is 1.96. The van der Waals surface area contributed by atoms with E-state index < -0.39 is 0 Å². The predicted molar refractivity (Wildman–Crippen MR) is 108 cm³/mol. The maximum absolute atomic E-state index is 5.62. The number of ether oxygens (including phenoxy) is 1. The van der Waals surface area contributed by atoms with Crippen LogP contribution in [0, 0.1) is 12.3 Å². The number of benzene rings is 1. The van der Waals surface area contributed by atoms with Gasteiger partial charge in [0.2, 0.25) is 0 Å². The van der Waals surface area contributed by atoms with Crippen LogP contribution in [0.25, 0.3) is 22.8 Å². The Bertz CT molecular complexity index is 995. The molecule has 2 aromatic heterocycles. The van der Waals surface area contributed by atoms with E-state index in [9.17, 15) is 0 Å². The van der Waals surface area contributed by atoms with Crippen molar-refractivity contribution in [2.75, 3.05) is 7.11 Å². The minimum absolute atomic E-state index is 0.247. The SMILES string of the molecule is COc1ccccc1-c1nc(-c2cccc(C)n2)nc2c1CCC(C)(C)C2. The molecule has 0 unspecified atom stereocenters. The van der Waals surface area contributed by atoms with Gasteiger partial charge in [0.15, 0.2) is 5.82 Å². The molecular weight excluding hydrogens is 334 g/mol. The fraction of sp³-hybridized carbons (Fsp3) is 0.348. The van der Waals surface area contributed by atoms with Crippen molar-refractivity contribution in [2.24, 2.45) is 5.41 Å². The number of rotatable bonds is 3. The first-order valence-corrected chi connectivity index (χ1v) is 9.44. The first kappa shape index (κ1) is 17.7. The molecule has 3 aromatic rings. The van der Waals surface area contributed by atoms with Crippen molar-refractivity contribution in [3.05, 3.63) is 59.4 Å². The van der Waals surface area contributed by atoms with Crippen molar-refractivity contribution in [3.8, 4) is 28.5 Å². The van der Waals surface area contributed by atoms with E-state index >= 15 is 0 Å². The summed E-state index contributed by atoms with van der Waals surface area (Å²) in [5, 5.41) is 0. The normalized spacial score (nSPS) is 15.3. The summed E-state index contributed by atoms with van der Waals surface area (Å²) in [7, 11) is 1.71. The van der Waals surface area contributed by atoms with Gasteiger partial charge in [0.1, 0.15) is 11.4 Å². The second-order valence-corrected chi connectivity index (χ2v) is 8.03. The average Bonchev–Trinajstić information content (AvgIpc) is 2.66. The van der Waals surface area contributed by atoms with Crippen molar-refractivity contribution in [1.82, 2.24) is 15.0 Å². The number of hydrogen-bond acceptors (Lipinski definition) is 4. The number of nitrogens with zero attached hydrogens (tertiary/aromatic N) is 3. The molecule has 1 aliphatic carbocycles. The van der Waals surface area contributed by atoms with Crippen molar-refractivity contribution in [3.63, 3.8) is 0 Å². The number of aryl methyl sites for hydroxylation is 1. The summed E-state index contributed by atoms with van der Waals surface area (Å²) < 4.78 is 5.62. The Morgan fingerprint density at radius 3 is 2.56 bits per heavy atom. The molecule has 0 aliphatic heterocycles. The molecule has 4 heteroatoms. The van der Waals surface area contributed by atoms with E-state index in [0.717, 1.165) is 53.4 Å². The van der Waals surface area contributed by atoms with Gasteiger partial charge in [-0.2, -0.15) is 0 Å². The van der Waals surface area contributed by atoms with Crippen molar-refractivity contribution >= 4 is 0 Å². The van der Waals surface area contributed by atoms with Crippen LogP contribution in [0.5, 0.6) is 5.75 Å². The molecule has 0 saturated heterocycles. The Hall–Kier alpha value is -2.75. The standard InChI is InChI=1S/C23H25N3O/c1-15-8-7-10-18(24-15)22-25-19-14-23(2,3)13-12-16(19)21(26-22)17-9-5-6-11-20(17)27-4/h5-11H,12-14H2,1-4H3. The molecule has 0 saturated carbocycles. The van der Waals surface area contributed by atoms with Crippen LogP contribution < -0.4 is 4.74 Å². The molecule has 2 heterocycles. The van der Waals surface area contributed by atoms with Crippen LogP contribution in [0.3, 0.4) is 0 Å². The zero-order valence-corrected chi connectivity index (χ0v) is 16.4. The highest BCUT2D eigenvalue weighted by Crippen LogP contribution is 2.40. The summed E-state index contributed by atoms with van der Waals surface area (Å²) in [6, 6.07) is 14.1. The van der Waals surface area contributed by atoms with Crippen LogP contribution in [-0.4, -0.2) is 22.1 Å². The molecule has 1 aliphatic rings. The van der Waals surface area contributed by atoms with Crippen LogP contribution in [0.15, 0.2) is 42.5 Å². The number of para-hydroxylation sites is 1. The number of pyridine rings is 1. The van der Waals surface area contributed by atoms with Gasteiger partial charge < -0.3 is 4.74 Å². The molecule has 0 radical (unpaired) electrons. The molecule has 0 amide bonds. The van der Waals surface area contributed by atoms with E-state index in [-0.39, 0.29) is 5.41 Å². The fourth-order valence-electron chi connectivity index (χ4n) is 3.79. The number of hydrogen-bond donors (Lipinski definition) is 0. The Morgan fingerprint density at radius 2 is 1.78 bits per heavy atom. The van der Waals surface area contributed by atoms with Crippen molar-refractivity contribution < 1.29 is 4.74 Å². The zero-order chi connectivity index (χ0) is 19.0. The molecule has 0 spiro atoms. The van der Waals surface area contributed by atoms with Gasteiger partial charge in [0.05, 0.1) is 12.8 Å². The van der Waals surface area contributed by atoms with E-state index in [0.29, 0.717) is 5.82 Å². The fourth-order valence-corrected chi connectivity index (χ4v) is 3.79. The van der Waals surface area contributed by atoms with Crippen LogP contribution in [-0.2, 0) is 12.8 Å². The second kappa shape index (κ2) is 6.76. The third-order valence-electron chi connectivity index (χ3n) is 5.27. The molecule has 0 bridgehead atoms. The molecule has 138 valence electrons. The molecule has 1 aromatic carbocycles. The van der Waals surface area contributed by atoms with E-state index in [1.165, 1.54) is 5.56 Å². The minimum atomic E-state index is 0.247. The van der Waals surface area contributed by atoms with Gasteiger partial charge in [0, 0.05) is 22.5 Å². The van der Waals surface area contributed by atoms with E-state index in [2.05, 4.69) is 24.9 Å². The Labute approximate surface area is 160 Å². The monoisotopic (exact) mass is 359 g/mol. The smallest absolute Gasteiger partial charge is 0.178 e. The lowest BCUT2D eigenvalue weighted by Crippen LogP contribution is -2.24. The number of aromatic nitrogens is 3. The van der Waals surface area contributed by atoms with Crippen LogP contribution in [0.4, 0.5) is 0 Å². The van der Waals surface area contributed by atoms with Gasteiger partial charge in [-0.15, -0.1) is 0 Å². The Kier molecular flexibility index (Phi) is 4.42.